The molecule has 3 aromatic rings. The lowest BCUT2D eigenvalue weighted by atomic mass is 9.98. The average molecular weight is 336 g/mol. The number of anilines is 1. The van der Waals surface area contributed by atoms with Gasteiger partial charge in [-0.05, 0) is 35.7 Å². The average Bonchev–Trinajstić information content (AvgIpc) is 2.65. The van der Waals surface area contributed by atoms with Gasteiger partial charge in [-0.3, -0.25) is 4.79 Å². The first-order valence-electron chi connectivity index (χ1n) is 8.07. The number of nitrogens with two attached hydrogens (primary N) is 1. The molecule has 2 aromatic carbocycles. The quantitative estimate of drug-likeness (QED) is 0.763. The molecular formula is C19H20N4O2. The van der Waals surface area contributed by atoms with Crippen LogP contribution in [0.25, 0.3) is 22.0 Å². The van der Waals surface area contributed by atoms with E-state index in [4.69, 9.17) is 5.73 Å². The van der Waals surface area contributed by atoms with Gasteiger partial charge in [0.15, 0.2) is 0 Å². The largest absolute Gasteiger partial charge is 0.392 e. The van der Waals surface area contributed by atoms with Gasteiger partial charge in [0.05, 0.1) is 12.1 Å². The molecule has 0 unspecified atom stereocenters. The predicted molar refractivity (Wildman–Crippen MR) is 97.9 cm³/mol. The molecule has 128 valence electrons. The molecule has 1 amide bonds. The van der Waals surface area contributed by atoms with E-state index in [9.17, 15) is 9.90 Å². The first-order chi connectivity index (χ1) is 12.0. The lowest BCUT2D eigenvalue weighted by Gasteiger charge is -2.16. The molecular weight excluding hydrogens is 316 g/mol. The fraction of sp³-hybridized carbons (Fsp3) is 0.211. The fourth-order valence-electron chi connectivity index (χ4n) is 2.74. The number of hydrogen-bond donors (Lipinski definition) is 2. The lowest BCUT2D eigenvalue weighted by molar-refractivity contribution is 0.0799. The number of carbonyl (C=O) groups is 1. The maximum atomic E-state index is 12.7. The van der Waals surface area contributed by atoms with Crippen molar-refractivity contribution in [2.24, 2.45) is 0 Å². The van der Waals surface area contributed by atoms with Crippen LogP contribution < -0.4 is 5.73 Å². The molecule has 6 nitrogen and oxygen atoms in total. The topological polar surface area (TPSA) is 92.3 Å². The summed E-state index contributed by atoms with van der Waals surface area (Å²) in [6.45, 7) is 2.40. The molecule has 0 spiro atoms. The molecule has 1 heterocycles. The molecule has 0 aliphatic carbocycles. The SMILES string of the molecule is CCN(C)C(=O)c1nc(N)nc2ccc(-c3ccccc3CO)cc12. The van der Waals surface area contributed by atoms with Gasteiger partial charge in [0, 0.05) is 19.0 Å². The van der Waals surface area contributed by atoms with Crippen LogP contribution in [-0.4, -0.2) is 39.5 Å². The van der Waals surface area contributed by atoms with Crippen molar-refractivity contribution in [3.05, 3.63) is 53.7 Å². The monoisotopic (exact) mass is 336 g/mol. The number of amides is 1. The molecule has 0 fully saturated rings. The van der Waals surface area contributed by atoms with Gasteiger partial charge < -0.3 is 15.7 Å². The summed E-state index contributed by atoms with van der Waals surface area (Å²) in [7, 11) is 1.72. The molecule has 0 aliphatic heterocycles. The van der Waals surface area contributed by atoms with Crippen LogP contribution in [0.15, 0.2) is 42.5 Å². The predicted octanol–water partition coefficient (Wildman–Crippen LogP) is 2.46. The van der Waals surface area contributed by atoms with E-state index in [0.29, 0.717) is 17.4 Å². The summed E-state index contributed by atoms with van der Waals surface area (Å²) in [4.78, 5) is 22.6. The molecule has 0 bridgehead atoms. The number of nitrogen functional groups attached to an aromatic ring is 1. The Morgan fingerprint density at radius 2 is 1.96 bits per heavy atom. The van der Waals surface area contributed by atoms with Crippen molar-refractivity contribution in [3.63, 3.8) is 0 Å². The summed E-state index contributed by atoms with van der Waals surface area (Å²) in [6.07, 6.45) is 0. The zero-order valence-corrected chi connectivity index (χ0v) is 14.2. The van der Waals surface area contributed by atoms with E-state index in [2.05, 4.69) is 9.97 Å². The van der Waals surface area contributed by atoms with Crippen LogP contribution in [0.4, 0.5) is 5.95 Å². The highest BCUT2D eigenvalue weighted by Gasteiger charge is 2.18. The number of carbonyl (C=O) groups excluding carboxylic acids is 1. The molecule has 6 heteroatoms. The first-order valence-corrected chi connectivity index (χ1v) is 8.07. The van der Waals surface area contributed by atoms with E-state index in [1.54, 1.807) is 11.9 Å². The molecule has 3 N–H and O–H groups in total. The number of nitrogens with zero attached hydrogens (tertiary/aromatic N) is 3. The van der Waals surface area contributed by atoms with Crippen LogP contribution in [0, 0.1) is 0 Å². The van der Waals surface area contributed by atoms with Crippen molar-refractivity contribution in [2.45, 2.75) is 13.5 Å². The van der Waals surface area contributed by atoms with E-state index in [-0.39, 0.29) is 24.2 Å². The molecule has 0 aliphatic rings. The summed E-state index contributed by atoms with van der Waals surface area (Å²) in [6, 6.07) is 13.2. The Bertz CT molecular complexity index is 940. The van der Waals surface area contributed by atoms with Crippen molar-refractivity contribution in [1.29, 1.82) is 0 Å². The molecule has 0 radical (unpaired) electrons. The molecule has 0 atom stereocenters. The van der Waals surface area contributed by atoms with Crippen molar-refractivity contribution in [2.75, 3.05) is 19.3 Å². The minimum atomic E-state index is -0.200. The number of benzene rings is 2. The van der Waals surface area contributed by atoms with Gasteiger partial charge in [-0.1, -0.05) is 30.3 Å². The second-order valence-electron chi connectivity index (χ2n) is 5.80. The third-order valence-electron chi connectivity index (χ3n) is 4.24. The van der Waals surface area contributed by atoms with Crippen LogP contribution in [0.3, 0.4) is 0 Å². The van der Waals surface area contributed by atoms with Crippen molar-refractivity contribution >= 4 is 22.8 Å². The van der Waals surface area contributed by atoms with Crippen molar-refractivity contribution in [3.8, 4) is 11.1 Å². The number of aromatic nitrogens is 2. The third-order valence-corrected chi connectivity index (χ3v) is 4.24. The normalized spacial score (nSPS) is 10.8. The second kappa shape index (κ2) is 6.86. The lowest BCUT2D eigenvalue weighted by Crippen LogP contribution is -2.27. The third kappa shape index (κ3) is 3.16. The summed E-state index contributed by atoms with van der Waals surface area (Å²) in [5, 5.41) is 10.2. The van der Waals surface area contributed by atoms with Crippen LogP contribution in [0.1, 0.15) is 23.0 Å². The minimum Gasteiger partial charge on any atom is -0.392 e. The molecule has 0 saturated carbocycles. The number of aliphatic hydroxyl groups excluding tert-OH is 1. The number of rotatable bonds is 4. The maximum Gasteiger partial charge on any atom is 0.273 e. The van der Waals surface area contributed by atoms with E-state index in [0.717, 1.165) is 16.7 Å². The van der Waals surface area contributed by atoms with Gasteiger partial charge in [-0.2, -0.15) is 0 Å². The highest BCUT2D eigenvalue weighted by molar-refractivity contribution is 6.05. The molecule has 3 rings (SSSR count). The first kappa shape index (κ1) is 16.9. The zero-order chi connectivity index (χ0) is 18.0. The molecule has 25 heavy (non-hydrogen) atoms. The Labute approximate surface area is 145 Å². The molecule has 1 aromatic heterocycles. The van der Waals surface area contributed by atoms with E-state index in [1.807, 2.05) is 49.4 Å². The number of fused-ring (bicyclic) bond motifs is 1. The number of hydrogen-bond acceptors (Lipinski definition) is 5. The van der Waals surface area contributed by atoms with E-state index < -0.39 is 0 Å². The van der Waals surface area contributed by atoms with Crippen LogP contribution in [0.5, 0.6) is 0 Å². The fourth-order valence-corrected chi connectivity index (χ4v) is 2.74. The standard InChI is InChI=1S/C19H20N4O2/c1-3-23(2)18(25)17-15-10-12(8-9-16(15)21-19(20)22-17)14-7-5-4-6-13(14)11-24/h4-10,24H,3,11H2,1-2H3,(H2,20,21,22). The van der Waals surface area contributed by atoms with Crippen LogP contribution in [0.2, 0.25) is 0 Å². The molecule has 0 saturated heterocycles. The minimum absolute atomic E-state index is 0.0587. The van der Waals surface area contributed by atoms with Gasteiger partial charge in [-0.15, -0.1) is 0 Å². The van der Waals surface area contributed by atoms with Gasteiger partial charge in [0.1, 0.15) is 5.69 Å². The smallest absolute Gasteiger partial charge is 0.273 e. The van der Waals surface area contributed by atoms with Gasteiger partial charge in [0.2, 0.25) is 5.95 Å². The van der Waals surface area contributed by atoms with Crippen LogP contribution in [-0.2, 0) is 6.61 Å². The Balaban J connectivity index is 2.23. The van der Waals surface area contributed by atoms with Crippen molar-refractivity contribution in [1.82, 2.24) is 14.9 Å². The van der Waals surface area contributed by atoms with Gasteiger partial charge in [-0.25, -0.2) is 9.97 Å². The summed E-state index contributed by atoms with van der Waals surface area (Å²) in [5.74, 6) is -0.127. The number of aliphatic hydroxyl groups is 1. The van der Waals surface area contributed by atoms with E-state index >= 15 is 0 Å². The Morgan fingerprint density at radius 3 is 2.68 bits per heavy atom. The summed E-state index contributed by atoms with van der Waals surface area (Å²) < 4.78 is 0. The summed E-state index contributed by atoms with van der Waals surface area (Å²) in [5.41, 5.74) is 9.29. The Kier molecular flexibility index (Phi) is 4.63. The maximum absolute atomic E-state index is 12.7. The Hall–Kier alpha value is -2.99. The zero-order valence-electron chi connectivity index (χ0n) is 14.2. The Morgan fingerprint density at radius 1 is 1.20 bits per heavy atom. The highest BCUT2D eigenvalue weighted by Crippen LogP contribution is 2.28. The van der Waals surface area contributed by atoms with Gasteiger partial charge in [0.25, 0.3) is 5.91 Å². The summed E-state index contributed by atoms with van der Waals surface area (Å²) >= 11 is 0. The van der Waals surface area contributed by atoms with E-state index in [1.165, 1.54) is 0 Å². The highest BCUT2D eigenvalue weighted by atomic mass is 16.3. The van der Waals surface area contributed by atoms with Crippen molar-refractivity contribution < 1.29 is 9.90 Å². The second-order valence-corrected chi connectivity index (χ2v) is 5.80. The van der Waals surface area contributed by atoms with Crippen LogP contribution >= 0.6 is 0 Å². The van der Waals surface area contributed by atoms with Gasteiger partial charge >= 0.3 is 0 Å².